The average molecular weight is 496 g/mol. The third-order valence-electron chi connectivity index (χ3n) is 4.36. The van der Waals surface area contributed by atoms with Crippen molar-refractivity contribution in [3.05, 3.63) is 44.0 Å². The third kappa shape index (κ3) is 7.24. The highest BCUT2D eigenvalue weighted by molar-refractivity contribution is 6.31. The van der Waals surface area contributed by atoms with Crippen molar-refractivity contribution >= 4 is 29.6 Å². The molecule has 1 aliphatic rings. The highest BCUT2D eigenvalue weighted by atomic mass is 35.5. The maximum absolute atomic E-state index is 13.6. The average Bonchev–Trinajstić information content (AvgIpc) is 2.67. The van der Waals surface area contributed by atoms with Crippen molar-refractivity contribution in [1.29, 1.82) is 0 Å². The smallest absolute Gasteiger partial charge is 0.430 e. The molecule has 0 unspecified atom stereocenters. The number of ether oxygens (including phenoxy) is 3. The van der Waals surface area contributed by atoms with Gasteiger partial charge >= 0.3 is 18.1 Å². The van der Waals surface area contributed by atoms with E-state index >= 15 is 0 Å². The lowest BCUT2D eigenvalue weighted by Gasteiger charge is -2.30. The number of carbonyl (C=O) groups excluding carboxylic acids is 2. The molecule has 0 spiro atoms. The van der Waals surface area contributed by atoms with Gasteiger partial charge in [-0.3, -0.25) is 4.79 Å². The summed E-state index contributed by atoms with van der Waals surface area (Å²) < 4.78 is 55.4. The summed E-state index contributed by atoms with van der Waals surface area (Å²) in [4.78, 5) is 37.6. The molecule has 2 rings (SSSR count). The van der Waals surface area contributed by atoms with E-state index in [4.69, 9.17) is 21.1 Å². The first kappa shape index (κ1) is 26.2. The van der Waals surface area contributed by atoms with Crippen molar-refractivity contribution in [3.63, 3.8) is 0 Å². The third-order valence-corrected chi connectivity index (χ3v) is 4.67. The first-order valence-corrected chi connectivity index (χ1v) is 9.97. The minimum Gasteiger partial charge on any atom is -0.475 e. The largest absolute Gasteiger partial charge is 0.475 e. The molecular formula is C20H21ClF3NO8. The van der Waals surface area contributed by atoms with Crippen LogP contribution in [0.5, 0.6) is 5.75 Å². The molecule has 9 nitrogen and oxygen atoms in total. The molecule has 1 aromatic carbocycles. The molecule has 0 aromatic heterocycles. The van der Waals surface area contributed by atoms with Gasteiger partial charge in [-0.05, 0) is 29.2 Å². The number of hydrogen-bond donors (Lipinski definition) is 0. The molecule has 0 radical (unpaired) electrons. The van der Waals surface area contributed by atoms with Crippen LogP contribution in [0.1, 0.15) is 38.3 Å². The fraction of sp³-hybridized carbons (Fsp3) is 0.500. The standard InChI is InChI=1S/C20H21ClF3NO8/c1-19(2,3)13-10-15-11(9-14(13)21)8-12(17(33-15)20(22,23)24)18(27)31-7-6-30-16(26)4-5-32-25(28)29/h8-10,17H,4-7H2,1-3H3/t17-/m0/s1. The van der Waals surface area contributed by atoms with E-state index in [2.05, 4.69) is 9.57 Å². The Morgan fingerprint density at radius 2 is 1.79 bits per heavy atom. The van der Waals surface area contributed by atoms with Crippen LogP contribution in [0.15, 0.2) is 17.7 Å². The van der Waals surface area contributed by atoms with Crippen LogP contribution in [0.3, 0.4) is 0 Å². The van der Waals surface area contributed by atoms with Gasteiger partial charge in [0.15, 0.2) is 0 Å². The van der Waals surface area contributed by atoms with Crippen LogP contribution in [0.4, 0.5) is 13.2 Å². The van der Waals surface area contributed by atoms with E-state index in [1.54, 1.807) is 0 Å². The molecule has 1 aliphatic heterocycles. The van der Waals surface area contributed by atoms with Gasteiger partial charge in [0.1, 0.15) is 25.6 Å². The number of carbonyl (C=O) groups is 2. The Balaban J connectivity index is 2.10. The monoisotopic (exact) mass is 495 g/mol. The van der Waals surface area contributed by atoms with Gasteiger partial charge < -0.3 is 19.0 Å². The van der Waals surface area contributed by atoms with E-state index in [0.717, 1.165) is 6.08 Å². The van der Waals surface area contributed by atoms with E-state index < -0.39 is 66.5 Å². The summed E-state index contributed by atoms with van der Waals surface area (Å²) >= 11 is 6.27. The highest BCUT2D eigenvalue weighted by Crippen LogP contribution is 2.42. The number of fused-ring (bicyclic) bond motifs is 1. The van der Waals surface area contributed by atoms with E-state index in [1.165, 1.54) is 12.1 Å². The van der Waals surface area contributed by atoms with Crippen molar-refractivity contribution in [2.24, 2.45) is 0 Å². The zero-order valence-electron chi connectivity index (χ0n) is 17.9. The molecule has 0 saturated heterocycles. The number of alkyl halides is 3. The summed E-state index contributed by atoms with van der Waals surface area (Å²) in [6, 6.07) is 2.82. The first-order valence-electron chi connectivity index (χ1n) is 9.59. The summed E-state index contributed by atoms with van der Waals surface area (Å²) in [6.07, 6.45) is -6.90. The maximum Gasteiger partial charge on any atom is 0.430 e. The number of hydrogen-bond acceptors (Lipinski definition) is 8. The van der Waals surface area contributed by atoms with Crippen molar-refractivity contribution in [3.8, 4) is 5.75 Å². The zero-order chi connectivity index (χ0) is 25.0. The SMILES string of the molecule is CC(C)(C)c1cc2c(cc1Cl)C=C(C(=O)OCCOC(=O)CCO[N+](=O)[O-])[C@@H](C(F)(F)F)O2. The van der Waals surface area contributed by atoms with Gasteiger partial charge in [-0.2, -0.15) is 13.2 Å². The van der Waals surface area contributed by atoms with Gasteiger partial charge in [0, 0.05) is 10.6 Å². The summed E-state index contributed by atoms with van der Waals surface area (Å²) in [5, 5.41) is 9.21. The highest BCUT2D eigenvalue weighted by Gasteiger charge is 2.49. The number of esters is 2. The number of benzene rings is 1. The van der Waals surface area contributed by atoms with Crippen LogP contribution in [0.25, 0.3) is 6.08 Å². The summed E-state index contributed by atoms with van der Waals surface area (Å²) in [7, 11) is 0. The van der Waals surface area contributed by atoms with Crippen LogP contribution in [0, 0.1) is 10.1 Å². The van der Waals surface area contributed by atoms with E-state index in [9.17, 15) is 32.9 Å². The molecule has 0 amide bonds. The molecule has 0 fully saturated rings. The Kier molecular flexibility index (Phi) is 8.17. The predicted octanol–water partition coefficient (Wildman–Crippen LogP) is 4.03. The van der Waals surface area contributed by atoms with E-state index in [-0.39, 0.29) is 11.3 Å². The lowest BCUT2D eigenvalue weighted by atomic mass is 9.85. The molecule has 182 valence electrons. The minimum absolute atomic E-state index is 0.0749. The molecular weight excluding hydrogens is 475 g/mol. The molecule has 0 aliphatic carbocycles. The lowest BCUT2D eigenvalue weighted by Crippen LogP contribution is -2.41. The quantitative estimate of drug-likeness (QED) is 0.230. The van der Waals surface area contributed by atoms with Crippen LogP contribution in [-0.2, 0) is 29.3 Å². The maximum atomic E-state index is 13.6. The summed E-state index contributed by atoms with van der Waals surface area (Å²) in [5.74, 6) is -2.26. The van der Waals surface area contributed by atoms with Crippen molar-refractivity contribution < 1.29 is 46.9 Å². The van der Waals surface area contributed by atoms with Crippen LogP contribution < -0.4 is 4.74 Å². The second-order valence-corrected chi connectivity index (χ2v) is 8.33. The molecule has 1 atom stereocenters. The number of halogens is 4. The van der Waals surface area contributed by atoms with E-state index in [0.29, 0.717) is 10.6 Å². The van der Waals surface area contributed by atoms with Crippen LogP contribution in [-0.4, -0.2) is 49.1 Å². The first-order chi connectivity index (χ1) is 15.2. The second-order valence-electron chi connectivity index (χ2n) is 7.92. The lowest BCUT2D eigenvalue weighted by molar-refractivity contribution is -0.757. The summed E-state index contributed by atoms with van der Waals surface area (Å²) in [6.45, 7) is 3.98. The van der Waals surface area contributed by atoms with Gasteiger partial charge in [0.2, 0.25) is 6.10 Å². The number of rotatable bonds is 8. The normalized spacial score (nSPS) is 15.6. The summed E-state index contributed by atoms with van der Waals surface area (Å²) in [5.41, 5.74) is -0.495. The number of nitrogens with zero attached hydrogens (tertiary/aromatic N) is 1. The Morgan fingerprint density at radius 3 is 2.36 bits per heavy atom. The fourth-order valence-electron chi connectivity index (χ4n) is 2.85. The Morgan fingerprint density at radius 1 is 1.15 bits per heavy atom. The molecule has 33 heavy (non-hydrogen) atoms. The Bertz CT molecular complexity index is 956. The molecule has 0 bridgehead atoms. The van der Waals surface area contributed by atoms with Gasteiger partial charge in [-0.1, -0.05) is 32.4 Å². The zero-order valence-corrected chi connectivity index (χ0v) is 18.6. The Labute approximate surface area is 191 Å². The second kappa shape index (κ2) is 10.3. The topological polar surface area (TPSA) is 114 Å². The van der Waals surface area contributed by atoms with Gasteiger partial charge in [0.25, 0.3) is 5.09 Å². The van der Waals surface area contributed by atoms with Gasteiger partial charge in [0.05, 0.1) is 12.0 Å². The van der Waals surface area contributed by atoms with Crippen LogP contribution >= 0.6 is 11.6 Å². The minimum atomic E-state index is -4.91. The van der Waals surface area contributed by atoms with E-state index in [1.807, 2.05) is 20.8 Å². The predicted molar refractivity (Wildman–Crippen MR) is 108 cm³/mol. The van der Waals surface area contributed by atoms with Crippen molar-refractivity contribution in [1.82, 2.24) is 0 Å². The van der Waals surface area contributed by atoms with Crippen LogP contribution in [0.2, 0.25) is 5.02 Å². The van der Waals surface area contributed by atoms with Gasteiger partial charge in [-0.15, -0.1) is 10.1 Å². The van der Waals surface area contributed by atoms with Gasteiger partial charge in [-0.25, -0.2) is 4.79 Å². The molecule has 1 aromatic rings. The van der Waals surface area contributed by atoms with Crippen molar-refractivity contribution in [2.45, 2.75) is 44.9 Å². The fourth-order valence-corrected chi connectivity index (χ4v) is 3.31. The molecule has 0 saturated carbocycles. The Hall–Kier alpha value is -3.02. The molecule has 13 heteroatoms. The van der Waals surface area contributed by atoms with Crippen molar-refractivity contribution in [2.75, 3.05) is 19.8 Å². The molecule has 0 N–H and O–H groups in total. The molecule has 1 heterocycles.